The molecule has 3 saturated carbocycles. The molecule has 3 fully saturated rings. The van der Waals surface area contributed by atoms with E-state index in [-0.39, 0.29) is 42.3 Å². The highest BCUT2D eigenvalue weighted by atomic mass is 31.2. The van der Waals surface area contributed by atoms with Crippen molar-refractivity contribution in [3.8, 4) is 0 Å². The van der Waals surface area contributed by atoms with Gasteiger partial charge in [0.25, 0.3) is 0 Å². The zero-order chi connectivity index (χ0) is 23.0. The molecule has 0 aromatic carbocycles. The van der Waals surface area contributed by atoms with Gasteiger partial charge in [0.1, 0.15) is 12.2 Å². The van der Waals surface area contributed by atoms with Gasteiger partial charge in [-0.2, -0.15) is 0 Å². The average Bonchev–Trinajstić information content (AvgIpc) is 2.92. The number of phosphoric ester groups is 1. The van der Waals surface area contributed by atoms with E-state index in [4.69, 9.17) is 9.79 Å². The van der Waals surface area contributed by atoms with Crippen molar-refractivity contribution in [3.63, 3.8) is 0 Å². The van der Waals surface area contributed by atoms with Gasteiger partial charge < -0.3 is 20.0 Å². The molecule has 0 radical (unpaired) electrons. The summed E-state index contributed by atoms with van der Waals surface area (Å²) < 4.78 is 15.4. The minimum atomic E-state index is -4.85. The predicted octanol–water partition coefficient (Wildman–Crippen LogP) is 1.92. The minimum Gasteiger partial charge on any atom is -0.393 e. The van der Waals surface area contributed by atoms with E-state index >= 15 is 0 Å². The third-order valence-electron chi connectivity index (χ3n) is 8.79. The van der Waals surface area contributed by atoms with Gasteiger partial charge in [0.05, 0.1) is 6.10 Å². The van der Waals surface area contributed by atoms with Crippen molar-refractivity contribution in [1.82, 2.24) is 0 Å². The fourth-order valence-corrected chi connectivity index (χ4v) is 7.76. The molecule has 4 N–H and O–H groups in total. The van der Waals surface area contributed by atoms with Crippen LogP contribution in [0.5, 0.6) is 0 Å². The van der Waals surface area contributed by atoms with Gasteiger partial charge in [-0.05, 0) is 55.6 Å². The Balaban J connectivity index is 1.68. The summed E-state index contributed by atoms with van der Waals surface area (Å²) >= 11 is 0. The zero-order valence-electron chi connectivity index (χ0n) is 18.0. The number of rotatable bonds is 4. The van der Waals surface area contributed by atoms with Crippen LogP contribution in [0, 0.1) is 34.5 Å². The molecule has 0 spiro atoms. The summed E-state index contributed by atoms with van der Waals surface area (Å²) in [5.74, 6) is -0.826. The SMILES string of the molecule is CC1C[C@@H]2[C@H]([C@@H](O)C[C@@]3(C)[C@H]2CC[C@]3(O)C(=O)COP(=O)(O)O)[C@@]2(C)C=CC(=O)C=C12. The molecule has 8 atom stereocenters. The molecule has 0 aromatic rings. The second kappa shape index (κ2) is 7.17. The second-order valence-corrected chi connectivity index (χ2v) is 11.6. The topological polar surface area (TPSA) is 141 Å². The fraction of sp³-hybridized carbons (Fsp3) is 0.727. The van der Waals surface area contributed by atoms with Gasteiger partial charge >= 0.3 is 7.82 Å². The van der Waals surface area contributed by atoms with Crippen LogP contribution in [0.3, 0.4) is 0 Å². The Kier molecular flexibility index (Phi) is 5.33. The first-order valence-corrected chi connectivity index (χ1v) is 12.3. The Morgan fingerprint density at radius 2 is 2.00 bits per heavy atom. The van der Waals surface area contributed by atoms with Gasteiger partial charge in [-0.1, -0.05) is 32.4 Å². The monoisotopic (exact) mass is 454 g/mol. The molecular formula is C22H31O8P. The first-order chi connectivity index (χ1) is 14.2. The predicted molar refractivity (Wildman–Crippen MR) is 111 cm³/mol. The molecule has 31 heavy (non-hydrogen) atoms. The largest absolute Gasteiger partial charge is 0.470 e. The van der Waals surface area contributed by atoms with Crippen LogP contribution in [0.4, 0.5) is 0 Å². The van der Waals surface area contributed by atoms with Gasteiger partial charge in [-0.3, -0.25) is 14.1 Å². The summed E-state index contributed by atoms with van der Waals surface area (Å²) in [7, 11) is -4.85. The van der Waals surface area contributed by atoms with Crippen LogP contribution in [-0.4, -0.2) is 49.9 Å². The highest BCUT2D eigenvalue weighted by molar-refractivity contribution is 7.46. The van der Waals surface area contributed by atoms with Crippen LogP contribution in [-0.2, 0) is 18.7 Å². The van der Waals surface area contributed by atoms with Gasteiger partial charge in [0, 0.05) is 16.7 Å². The minimum absolute atomic E-state index is 0.0354. The van der Waals surface area contributed by atoms with E-state index in [1.807, 2.05) is 6.08 Å². The molecule has 172 valence electrons. The summed E-state index contributed by atoms with van der Waals surface area (Å²) in [5.41, 5.74) is -2.19. The van der Waals surface area contributed by atoms with Crippen molar-refractivity contribution in [1.29, 1.82) is 0 Å². The molecule has 8 nitrogen and oxygen atoms in total. The Morgan fingerprint density at radius 1 is 1.32 bits per heavy atom. The molecule has 0 heterocycles. The molecule has 0 saturated heterocycles. The molecule has 0 bridgehead atoms. The van der Waals surface area contributed by atoms with Crippen LogP contribution in [0.1, 0.15) is 46.5 Å². The normalized spacial score (nSPS) is 46.7. The lowest BCUT2D eigenvalue weighted by atomic mass is 9.45. The van der Waals surface area contributed by atoms with E-state index in [1.54, 1.807) is 19.1 Å². The van der Waals surface area contributed by atoms with Crippen LogP contribution in [0.15, 0.2) is 23.8 Å². The Labute approximate surface area is 181 Å². The van der Waals surface area contributed by atoms with Crippen molar-refractivity contribution in [2.45, 2.75) is 58.2 Å². The molecular weight excluding hydrogens is 423 g/mol. The quantitative estimate of drug-likeness (QED) is 0.472. The Morgan fingerprint density at radius 3 is 2.65 bits per heavy atom. The van der Waals surface area contributed by atoms with E-state index in [2.05, 4.69) is 18.4 Å². The highest BCUT2D eigenvalue weighted by Gasteiger charge is 2.68. The first-order valence-electron chi connectivity index (χ1n) is 10.8. The molecule has 0 amide bonds. The Bertz CT molecular complexity index is 920. The lowest BCUT2D eigenvalue weighted by Crippen LogP contribution is -2.62. The van der Waals surface area contributed by atoms with Gasteiger partial charge in [0.2, 0.25) is 0 Å². The maximum Gasteiger partial charge on any atom is 0.470 e. The number of ketones is 2. The second-order valence-electron chi connectivity index (χ2n) is 10.3. The van der Waals surface area contributed by atoms with E-state index in [1.165, 1.54) is 0 Å². The Hall–Kier alpha value is -1.15. The highest BCUT2D eigenvalue weighted by Crippen LogP contribution is 2.67. The summed E-state index contributed by atoms with van der Waals surface area (Å²) in [6.07, 6.45) is 6.03. The third-order valence-corrected chi connectivity index (χ3v) is 9.26. The van der Waals surface area contributed by atoms with Crippen LogP contribution in [0.2, 0.25) is 0 Å². The zero-order valence-corrected chi connectivity index (χ0v) is 18.9. The molecule has 0 aromatic heterocycles. The van der Waals surface area contributed by atoms with E-state index in [0.29, 0.717) is 6.42 Å². The number of aliphatic hydroxyl groups is 2. The third kappa shape index (κ3) is 3.35. The van der Waals surface area contributed by atoms with Crippen molar-refractivity contribution < 1.29 is 38.7 Å². The standard InChI is InChI=1S/C22H31O8P/c1-12-8-14-15-5-7-22(26,18(25)11-30-31(27,28)29)21(15,3)10-17(24)19(14)20(2)6-4-13(23)9-16(12)20/h4,6,9,12,14-15,17,19,24,26H,5,7-8,10-11H2,1-3H3,(H2,27,28,29)/t12?,14-,15-,17-,19+,20-,21-,22-/m0/s1. The van der Waals surface area contributed by atoms with Crippen molar-refractivity contribution >= 4 is 19.4 Å². The van der Waals surface area contributed by atoms with Gasteiger partial charge in [-0.15, -0.1) is 0 Å². The number of carbonyl (C=O) groups is 2. The number of hydrogen-bond donors (Lipinski definition) is 4. The fourth-order valence-electron chi connectivity index (χ4n) is 7.47. The number of phosphoric acid groups is 1. The van der Waals surface area contributed by atoms with Crippen molar-refractivity contribution in [3.05, 3.63) is 23.8 Å². The maximum atomic E-state index is 12.9. The average molecular weight is 454 g/mol. The number of fused-ring (bicyclic) bond motifs is 5. The maximum absolute atomic E-state index is 12.9. The van der Waals surface area contributed by atoms with Crippen LogP contribution in [0.25, 0.3) is 0 Å². The molecule has 9 heteroatoms. The lowest BCUT2D eigenvalue weighted by molar-refractivity contribution is -0.180. The van der Waals surface area contributed by atoms with Gasteiger partial charge in [-0.25, -0.2) is 4.57 Å². The van der Waals surface area contributed by atoms with Crippen molar-refractivity contribution in [2.24, 2.45) is 34.5 Å². The molecule has 0 aliphatic heterocycles. The first kappa shape index (κ1) is 23.0. The number of hydrogen-bond acceptors (Lipinski definition) is 6. The number of carbonyl (C=O) groups excluding carboxylic acids is 2. The van der Waals surface area contributed by atoms with Crippen LogP contribution < -0.4 is 0 Å². The summed E-state index contributed by atoms with van der Waals surface area (Å²) in [4.78, 5) is 42.8. The number of aliphatic hydroxyl groups excluding tert-OH is 1. The van der Waals surface area contributed by atoms with E-state index in [9.17, 15) is 24.4 Å². The smallest absolute Gasteiger partial charge is 0.393 e. The van der Waals surface area contributed by atoms with Crippen LogP contribution >= 0.6 is 7.82 Å². The number of allylic oxidation sites excluding steroid dienone is 4. The summed E-state index contributed by atoms with van der Waals surface area (Å²) in [6, 6.07) is 0. The lowest BCUT2D eigenvalue weighted by Gasteiger charge is -2.60. The van der Waals surface area contributed by atoms with E-state index in [0.717, 1.165) is 12.0 Å². The summed E-state index contributed by atoms with van der Waals surface area (Å²) in [6.45, 7) is 5.06. The number of Topliss-reactive ketones (excluding diaryl/α,β-unsaturated/α-hetero) is 1. The molecule has 4 aliphatic rings. The van der Waals surface area contributed by atoms with Crippen molar-refractivity contribution in [2.75, 3.05) is 6.61 Å². The molecule has 1 unspecified atom stereocenters. The van der Waals surface area contributed by atoms with Gasteiger partial charge in [0.15, 0.2) is 11.6 Å². The van der Waals surface area contributed by atoms with E-state index < -0.39 is 42.7 Å². The molecule has 4 aliphatic carbocycles. The molecule has 4 rings (SSSR count). The summed E-state index contributed by atoms with van der Waals surface area (Å²) in [5, 5.41) is 22.8.